The number of ether oxygens (including phenoxy) is 1. The molecule has 0 saturated heterocycles. The first kappa shape index (κ1) is 11.5. The molecule has 0 radical (unpaired) electrons. The van der Waals surface area contributed by atoms with Crippen LogP contribution in [0.1, 0.15) is 51.2 Å². The fourth-order valence-electron chi connectivity index (χ4n) is 1.92. The van der Waals surface area contributed by atoms with Crippen molar-refractivity contribution < 1.29 is 4.74 Å². The lowest BCUT2D eigenvalue weighted by molar-refractivity contribution is 0.119. The van der Waals surface area contributed by atoms with E-state index in [1.54, 1.807) is 0 Å². The highest BCUT2D eigenvalue weighted by molar-refractivity contribution is 5.38. The van der Waals surface area contributed by atoms with Crippen molar-refractivity contribution in [1.82, 2.24) is 0 Å². The van der Waals surface area contributed by atoms with Gasteiger partial charge in [-0.25, -0.2) is 0 Å². The molecule has 1 nitrogen and oxygen atoms in total. The Hall–Kier alpha value is -0.980. The van der Waals surface area contributed by atoms with Crippen LogP contribution < -0.4 is 4.74 Å². The van der Waals surface area contributed by atoms with Crippen LogP contribution in [-0.2, 0) is 5.41 Å². The molecule has 0 heterocycles. The van der Waals surface area contributed by atoms with Crippen LogP contribution in [-0.4, -0.2) is 6.10 Å². The van der Waals surface area contributed by atoms with Gasteiger partial charge in [0.2, 0.25) is 0 Å². The molecule has 0 unspecified atom stereocenters. The van der Waals surface area contributed by atoms with E-state index in [2.05, 4.69) is 45.9 Å². The van der Waals surface area contributed by atoms with Crippen molar-refractivity contribution in [1.29, 1.82) is 0 Å². The molecule has 2 rings (SSSR count). The molecule has 0 bridgehead atoms. The average molecular weight is 218 g/mol. The summed E-state index contributed by atoms with van der Waals surface area (Å²) in [7, 11) is 0. The van der Waals surface area contributed by atoms with Gasteiger partial charge >= 0.3 is 0 Å². The van der Waals surface area contributed by atoms with E-state index in [4.69, 9.17) is 4.74 Å². The third kappa shape index (κ3) is 2.40. The minimum absolute atomic E-state index is 0.222. The molecule has 0 aromatic heterocycles. The van der Waals surface area contributed by atoms with Gasteiger partial charge in [0.05, 0.1) is 6.10 Å². The van der Waals surface area contributed by atoms with E-state index in [1.807, 2.05) is 0 Å². The van der Waals surface area contributed by atoms with Crippen LogP contribution >= 0.6 is 0 Å². The number of benzene rings is 1. The van der Waals surface area contributed by atoms with Gasteiger partial charge in [-0.3, -0.25) is 0 Å². The lowest BCUT2D eigenvalue weighted by Crippen LogP contribution is -2.25. The van der Waals surface area contributed by atoms with Gasteiger partial charge in [0.25, 0.3) is 0 Å². The molecule has 1 saturated carbocycles. The van der Waals surface area contributed by atoms with Gasteiger partial charge in [0.1, 0.15) is 5.75 Å². The molecule has 1 aliphatic rings. The van der Waals surface area contributed by atoms with Crippen molar-refractivity contribution in [2.24, 2.45) is 0 Å². The maximum Gasteiger partial charge on any atom is 0.122 e. The van der Waals surface area contributed by atoms with Gasteiger partial charge < -0.3 is 4.74 Å². The van der Waals surface area contributed by atoms with Gasteiger partial charge in [0, 0.05) is 0 Å². The standard InChI is InChI=1S/C15H22O/c1-11-10-12(15(2,3)4)8-9-14(11)16-13-6-5-7-13/h8-10,13H,5-7H2,1-4H3. The first-order valence-electron chi connectivity index (χ1n) is 6.24. The molecule has 1 heteroatoms. The third-order valence-corrected chi connectivity index (χ3v) is 3.39. The van der Waals surface area contributed by atoms with E-state index >= 15 is 0 Å². The Kier molecular flexibility index (Phi) is 2.96. The van der Waals surface area contributed by atoms with E-state index in [1.165, 1.54) is 30.4 Å². The van der Waals surface area contributed by atoms with Crippen molar-refractivity contribution in [3.05, 3.63) is 29.3 Å². The van der Waals surface area contributed by atoms with Crippen LogP contribution in [0, 0.1) is 6.92 Å². The summed E-state index contributed by atoms with van der Waals surface area (Å²) in [5.41, 5.74) is 2.87. The number of aryl methyl sites for hydroxylation is 1. The van der Waals surface area contributed by atoms with Gasteiger partial charge in [-0.15, -0.1) is 0 Å². The van der Waals surface area contributed by atoms with Crippen molar-refractivity contribution in [3.63, 3.8) is 0 Å². The highest BCUT2D eigenvalue weighted by atomic mass is 16.5. The molecule has 0 aliphatic heterocycles. The van der Waals surface area contributed by atoms with E-state index in [0.717, 1.165) is 5.75 Å². The summed E-state index contributed by atoms with van der Waals surface area (Å²) in [5, 5.41) is 0. The molecule has 88 valence electrons. The number of rotatable bonds is 2. The van der Waals surface area contributed by atoms with Crippen molar-refractivity contribution >= 4 is 0 Å². The molecule has 0 spiro atoms. The zero-order chi connectivity index (χ0) is 11.8. The lowest BCUT2D eigenvalue weighted by Gasteiger charge is -2.28. The summed E-state index contributed by atoms with van der Waals surface area (Å²) in [5.74, 6) is 1.07. The zero-order valence-electron chi connectivity index (χ0n) is 10.8. The van der Waals surface area contributed by atoms with E-state index < -0.39 is 0 Å². The van der Waals surface area contributed by atoms with Crippen LogP contribution in [0.4, 0.5) is 0 Å². The Labute approximate surface area is 98.8 Å². The van der Waals surface area contributed by atoms with Gasteiger partial charge in [-0.1, -0.05) is 32.9 Å². The molecule has 0 N–H and O–H groups in total. The van der Waals surface area contributed by atoms with Gasteiger partial charge in [-0.05, 0) is 48.8 Å². The van der Waals surface area contributed by atoms with Crippen molar-refractivity contribution in [2.75, 3.05) is 0 Å². The van der Waals surface area contributed by atoms with E-state index in [9.17, 15) is 0 Å². The second-order valence-electron chi connectivity index (χ2n) is 5.90. The molecular formula is C15H22O. The van der Waals surface area contributed by atoms with Gasteiger partial charge in [-0.2, -0.15) is 0 Å². The Balaban J connectivity index is 2.15. The second-order valence-corrected chi connectivity index (χ2v) is 5.90. The van der Waals surface area contributed by atoms with Crippen LogP contribution in [0.3, 0.4) is 0 Å². The summed E-state index contributed by atoms with van der Waals surface area (Å²) >= 11 is 0. The fourth-order valence-corrected chi connectivity index (χ4v) is 1.92. The smallest absolute Gasteiger partial charge is 0.122 e. The fraction of sp³-hybridized carbons (Fsp3) is 0.600. The van der Waals surface area contributed by atoms with Crippen LogP contribution in [0.25, 0.3) is 0 Å². The topological polar surface area (TPSA) is 9.23 Å². The second kappa shape index (κ2) is 4.12. The quantitative estimate of drug-likeness (QED) is 0.722. The maximum absolute atomic E-state index is 5.95. The lowest BCUT2D eigenvalue weighted by atomic mass is 9.86. The number of hydrogen-bond donors (Lipinski definition) is 0. The SMILES string of the molecule is Cc1cc(C(C)(C)C)ccc1OC1CCC1. The zero-order valence-corrected chi connectivity index (χ0v) is 10.8. The summed E-state index contributed by atoms with van der Waals surface area (Å²) in [6, 6.07) is 6.59. The molecule has 0 atom stereocenters. The first-order chi connectivity index (χ1) is 7.47. The molecule has 1 aromatic rings. The minimum atomic E-state index is 0.222. The normalized spacial score (nSPS) is 17.0. The van der Waals surface area contributed by atoms with E-state index in [0.29, 0.717) is 6.10 Å². The van der Waals surface area contributed by atoms with E-state index in [-0.39, 0.29) is 5.41 Å². The van der Waals surface area contributed by atoms with Crippen LogP contribution in [0.2, 0.25) is 0 Å². The molecule has 16 heavy (non-hydrogen) atoms. The summed E-state index contributed by atoms with van der Waals surface area (Å²) in [6.45, 7) is 8.87. The summed E-state index contributed by atoms with van der Waals surface area (Å²) < 4.78 is 5.95. The Morgan fingerprint density at radius 2 is 1.88 bits per heavy atom. The Morgan fingerprint density at radius 3 is 2.31 bits per heavy atom. The monoisotopic (exact) mass is 218 g/mol. The maximum atomic E-state index is 5.95. The molecule has 1 fully saturated rings. The average Bonchev–Trinajstić information content (AvgIpc) is 2.11. The van der Waals surface area contributed by atoms with Gasteiger partial charge in [0.15, 0.2) is 0 Å². The Bertz CT molecular complexity index is 370. The largest absolute Gasteiger partial charge is 0.490 e. The molecule has 0 amide bonds. The summed E-state index contributed by atoms with van der Waals surface area (Å²) in [4.78, 5) is 0. The molecule has 1 aliphatic carbocycles. The predicted molar refractivity (Wildman–Crippen MR) is 68.1 cm³/mol. The molecule has 1 aromatic carbocycles. The van der Waals surface area contributed by atoms with Crippen LogP contribution in [0.15, 0.2) is 18.2 Å². The predicted octanol–water partition coefficient (Wildman–Crippen LogP) is 4.22. The highest BCUT2D eigenvalue weighted by Crippen LogP contribution is 2.30. The van der Waals surface area contributed by atoms with Crippen molar-refractivity contribution in [3.8, 4) is 5.75 Å². The third-order valence-electron chi connectivity index (χ3n) is 3.39. The van der Waals surface area contributed by atoms with Crippen LogP contribution in [0.5, 0.6) is 5.75 Å². The molecular weight excluding hydrogens is 196 g/mol. The minimum Gasteiger partial charge on any atom is -0.490 e. The first-order valence-corrected chi connectivity index (χ1v) is 6.24. The Morgan fingerprint density at radius 1 is 1.19 bits per heavy atom. The summed E-state index contributed by atoms with van der Waals surface area (Å²) in [6.07, 6.45) is 4.24. The highest BCUT2D eigenvalue weighted by Gasteiger charge is 2.20. The number of hydrogen-bond acceptors (Lipinski definition) is 1. The van der Waals surface area contributed by atoms with Crippen molar-refractivity contribution in [2.45, 2.75) is 58.5 Å².